The van der Waals surface area contributed by atoms with Crippen molar-refractivity contribution >= 4 is 23.7 Å². The topological polar surface area (TPSA) is 215 Å². The van der Waals surface area contributed by atoms with Crippen LogP contribution in [0.5, 0.6) is 0 Å². The summed E-state index contributed by atoms with van der Waals surface area (Å²) in [6.45, 7) is 2.31. The Bertz CT molecular complexity index is 1200. The Morgan fingerprint density at radius 1 is 1.19 bits per heavy atom. The maximum atomic E-state index is 13.3. The van der Waals surface area contributed by atoms with Gasteiger partial charge in [-0.15, -0.1) is 10.1 Å². The van der Waals surface area contributed by atoms with Gasteiger partial charge in [0.05, 0.1) is 19.3 Å². The first-order valence-electron chi connectivity index (χ1n) is 14.6. The summed E-state index contributed by atoms with van der Waals surface area (Å²) >= 11 is 0. The fourth-order valence-electron chi connectivity index (χ4n) is 7.83. The average Bonchev–Trinajstić information content (AvgIpc) is 3.22. The molecule has 14 heteroatoms. The third-order valence-electron chi connectivity index (χ3n) is 10.1. The van der Waals surface area contributed by atoms with Crippen molar-refractivity contribution in [2.24, 2.45) is 34.3 Å². The molecule has 4 rings (SSSR count). The molecule has 0 aromatic carbocycles. The van der Waals surface area contributed by atoms with Crippen LogP contribution in [-0.2, 0) is 33.4 Å². The van der Waals surface area contributed by atoms with E-state index in [-0.39, 0.29) is 56.0 Å². The zero-order valence-electron chi connectivity index (χ0n) is 24.4. The molecule has 0 radical (unpaired) electrons. The Labute approximate surface area is 248 Å². The van der Waals surface area contributed by atoms with Crippen LogP contribution in [0.25, 0.3) is 0 Å². The number of hydrogen-bond acceptors (Lipinski definition) is 13. The van der Waals surface area contributed by atoms with Crippen molar-refractivity contribution in [2.45, 2.75) is 76.5 Å². The normalized spacial score (nSPS) is 35.0. The second kappa shape index (κ2) is 12.7. The van der Waals surface area contributed by atoms with E-state index in [1.165, 1.54) is 0 Å². The number of esters is 1. The van der Waals surface area contributed by atoms with Gasteiger partial charge in [-0.05, 0) is 56.4 Å². The zero-order valence-corrected chi connectivity index (χ0v) is 24.4. The lowest BCUT2D eigenvalue weighted by Gasteiger charge is -2.58. The molecule has 0 bridgehead atoms. The molecule has 2 fully saturated rings. The maximum Gasteiger partial charge on any atom is 0.508 e. The van der Waals surface area contributed by atoms with E-state index in [4.69, 9.17) is 19.9 Å². The van der Waals surface area contributed by atoms with E-state index in [1.807, 2.05) is 19.9 Å². The van der Waals surface area contributed by atoms with Crippen LogP contribution in [0.4, 0.5) is 4.79 Å². The SMILES string of the molecule is C[C@]12C=CC(=O)CC1=CC[C@@H]1[C@@H]2[C@@H](O)C[C@@]2(C)[C@H]1CC[C@]2(O)C(=O)COC(=O)OCC(N)C(=O)OCCCCO[N+](=O)[O-]. The number of hydrogen-bond donors (Lipinski definition) is 3. The highest BCUT2D eigenvalue weighted by Crippen LogP contribution is 2.66. The van der Waals surface area contributed by atoms with Crippen molar-refractivity contribution in [3.8, 4) is 0 Å². The first-order valence-corrected chi connectivity index (χ1v) is 14.6. The van der Waals surface area contributed by atoms with Crippen molar-refractivity contribution in [1.82, 2.24) is 0 Å². The van der Waals surface area contributed by atoms with Crippen LogP contribution in [0, 0.1) is 38.7 Å². The molecule has 0 amide bonds. The minimum Gasteiger partial charge on any atom is -0.464 e. The van der Waals surface area contributed by atoms with Crippen LogP contribution in [0.15, 0.2) is 23.8 Å². The molecule has 0 saturated heterocycles. The molecule has 0 spiro atoms. The number of allylic oxidation sites excluding steroid dienone is 4. The van der Waals surface area contributed by atoms with Gasteiger partial charge in [0, 0.05) is 23.2 Å². The Balaban J connectivity index is 1.28. The van der Waals surface area contributed by atoms with Gasteiger partial charge in [0.1, 0.15) is 18.2 Å². The number of aliphatic hydroxyl groups excluding tert-OH is 1. The Morgan fingerprint density at radius 3 is 2.63 bits per heavy atom. The monoisotopic (exact) mass is 608 g/mol. The second-order valence-electron chi connectivity index (χ2n) is 12.4. The van der Waals surface area contributed by atoms with Crippen molar-refractivity contribution < 1.29 is 53.5 Å². The Morgan fingerprint density at radius 2 is 1.91 bits per heavy atom. The molecule has 1 unspecified atom stereocenters. The van der Waals surface area contributed by atoms with Gasteiger partial charge in [0.2, 0.25) is 5.78 Å². The van der Waals surface area contributed by atoms with Crippen molar-refractivity contribution in [1.29, 1.82) is 0 Å². The minimum absolute atomic E-state index is 0.0105. The summed E-state index contributed by atoms with van der Waals surface area (Å²) < 4.78 is 14.7. The smallest absolute Gasteiger partial charge is 0.464 e. The number of Topliss-reactive ketones (excluding diaryl/α,β-unsaturated/α-hetero) is 1. The Kier molecular flexibility index (Phi) is 9.62. The number of carbonyl (C=O) groups excluding carboxylic acids is 4. The molecule has 43 heavy (non-hydrogen) atoms. The summed E-state index contributed by atoms with van der Waals surface area (Å²) in [4.78, 5) is 63.7. The standard InChI is InChI=1S/C29H40N2O12/c1-27-9-7-18(32)13-17(27)5-6-19-20-8-10-29(37,28(20,2)14-22(33)24(19)27)23(34)16-42-26(36)41-15-21(30)25(35)40-11-3-4-12-43-31(38)39/h5,7,9,19-22,24,33,37H,3-4,6,8,10-16,30H2,1-2H3/t19-,20-,21?,22-,24+,27-,28-,29-/m0/s1. The van der Waals surface area contributed by atoms with Crippen LogP contribution in [-0.4, -0.2) is 83.2 Å². The van der Waals surface area contributed by atoms with Crippen molar-refractivity contribution in [2.75, 3.05) is 26.4 Å². The molecular weight excluding hydrogens is 568 g/mol. The van der Waals surface area contributed by atoms with Gasteiger partial charge in [-0.3, -0.25) is 14.4 Å². The molecule has 0 aromatic rings. The number of unbranched alkanes of at least 4 members (excludes halogenated alkanes) is 1. The average molecular weight is 609 g/mol. The predicted molar refractivity (Wildman–Crippen MR) is 146 cm³/mol. The van der Waals surface area contributed by atoms with Gasteiger partial charge in [0.25, 0.3) is 5.09 Å². The first kappa shape index (κ1) is 32.6. The van der Waals surface area contributed by atoms with Crippen LogP contribution in [0.1, 0.15) is 58.8 Å². The van der Waals surface area contributed by atoms with Crippen LogP contribution in [0.3, 0.4) is 0 Å². The lowest BCUT2D eigenvalue weighted by molar-refractivity contribution is -0.757. The van der Waals surface area contributed by atoms with Gasteiger partial charge < -0.3 is 35.0 Å². The van der Waals surface area contributed by atoms with E-state index < -0.39 is 64.8 Å². The number of rotatable bonds is 12. The molecule has 14 nitrogen and oxygen atoms in total. The number of fused-ring (bicyclic) bond motifs is 5. The summed E-state index contributed by atoms with van der Waals surface area (Å²) in [5, 5.41) is 32.3. The molecule has 0 aromatic heterocycles. The van der Waals surface area contributed by atoms with E-state index in [0.29, 0.717) is 25.7 Å². The molecular formula is C29H40N2O12. The van der Waals surface area contributed by atoms with E-state index >= 15 is 0 Å². The first-order chi connectivity index (χ1) is 20.2. The molecule has 238 valence electrons. The fourth-order valence-corrected chi connectivity index (χ4v) is 7.83. The van der Waals surface area contributed by atoms with Crippen molar-refractivity contribution in [3.63, 3.8) is 0 Å². The number of nitrogens with zero attached hydrogens (tertiary/aromatic N) is 1. The lowest BCUT2D eigenvalue weighted by Crippen LogP contribution is -2.61. The fraction of sp³-hybridized carbons (Fsp3) is 0.724. The summed E-state index contributed by atoms with van der Waals surface area (Å²) in [7, 11) is 0. The largest absolute Gasteiger partial charge is 0.508 e. The number of nitrogens with two attached hydrogens (primary N) is 1. The highest BCUT2D eigenvalue weighted by atomic mass is 16.9. The van der Waals surface area contributed by atoms with E-state index in [9.17, 15) is 39.5 Å². The Hall–Kier alpha value is -3.36. The second-order valence-corrected chi connectivity index (χ2v) is 12.4. The number of carbonyl (C=O) groups is 4. The van der Waals surface area contributed by atoms with Gasteiger partial charge in [-0.2, -0.15) is 0 Å². The number of ether oxygens (including phenoxy) is 3. The van der Waals surface area contributed by atoms with Gasteiger partial charge in [0.15, 0.2) is 12.4 Å². The lowest BCUT2D eigenvalue weighted by atomic mass is 9.47. The molecule has 4 aliphatic rings. The predicted octanol–water partition coefficient (Wildman–Crippen LogP) is 1.58. The van der Waals surface area contributed by atoms with Crippen LogP contribution in [0.2, 0.25) is 0 Å². The summed E-state index contributed by atoms with van der Waals surface area (Å²) in [6.07, 6.45) is 5.91. The highest BCUT2D eigenvalue weighted by Gasteiger charge is 2.68. The molecule has 4 N–H and O–H groups in total. The highest BCUT2D eigenvalue weighted by molar-refractivity contribution is 5.93. The van der Waals surface area contributed by atoms with Gasteiger partial charge in [-0.1, -0.05) is 31.6 Å². The molecule has 0 heterocycles. The molecule has 8 atom stereocenters. The third kappa shape index (κ3) is 6.31. The van der Waals surface area contributed by atoms with Crippen LogP contribution < -0.4 is 5.73 Å². The molecule has 2 saturated carbocycles. The molecule has 4 aliphatic carbocycles. The maximum absolute atomic E-state index is 13.3. The van der Waals surface area contributed by atoms with E-state index in [0.717, 1.165) is 5.57 Å². The van der Waals surface area contributed by atoms with Gasteiger partial charge >= 0.3 is 12.1 Å². The minimum atomic E-state index is -1.84. The summed E-state index contributed by atoms with van der Waals surface area (Å²) in [5.74, 6) is -1.77. The van der Waals surface area contributed by atoms with Crippen LogP contribution >= 0.6 is 0 Å². The number of ketones is 2. The summed E-state index contributed by atoms with van der Waals surface area (Å²) in [6, 6.07) is -1.32. The van der Waals surface area contributed by atoms with E-state index in [1.54, 1.807) is 6.08 Å². The summed E-state index contributed by atoms with van der Waals surface area (Å²) in [5.41, 5.74) is 3.39. The van der Waals surface area contributed by atoms with E-state index in [2.05, 4.69) is 10.9 Å². The van der Waals surface area contributed by atoms with Crippen molar-refractivity contribution in [3.05, 3.63) is 33.9 Å². The third-order valence-corrected chi connectivity index (χ3v) is 10.1. The zero-order chi connectivity index (χ0) is 31.6. The van der Waals surface area contributed by atoms with Gasteiger partial charge in [-0.25, -0.2) is 4.79 Å². The quantitative estimate of drug-likeness (QED) is 0.0944. The number of aliphatic hydroxyl groups is 2. The molecule has 0 aliphatic heterocycles.